The van der Waals surface area contributed by atoms with Crippen molar-refractivity contribution in [1.82, 2.24) is 0 Å². The van der Waals surface area contributed by atoms with Crippen LogP contribution in [0.2, 0.25) is 0 Å². The fourth-order valence-corrected chi connectivity index (χ4v) is 2.99. The van der Waals surface area contributed by atoms with Crippen molar-refractivity contribution >= 4 is 11.9 Å². The van der Waals surface area contributed by atoms with Crippen molar-refractivity contribution in [2.24, 2.45) is 0 Å². The maximum absolute atomic E-state index is 12.3. The highest BCUT2D eigenvalue weighted by Gasteiger charge is 2.12. The van der Waals surface area contributed by atoms with E-state index in [4.69, 9.17) is 14.2 Å². The smallest absolute Gasteiger partial charge is 0.349 e. The quantitative estimate of drug-likeness (QED) is 0.403. The van der Waals surface area contributed by atoms with Crippen LogP contribution in [0.5, 0.6) is 11.5 Å². The lowest BCUT2D eigenvalue weighted by atomic mass is 10.1. The molecule has 0 radical (unpaired) electrons. The van der Waals surface area contributed by atoms with E-state index < -0.39 is 11.9 Å². The minimum Gasteiger partial charge on any atom is -0.481 e. The van der Waals surface area contributed by atoms with Crippen molar-refractivity contribution in [2.45, 2.75) is 20.3 Å². The maximum atomic E-state index is 12.3. The number of aryl methyl sites for hydroxylation is 2. The van der Waals surface area contributed by atoms with Gasteiger partial charge in [-0.2, -0.15) is 0 Å². The largest absolute Gasteiger partial charge is 0.481 e. The summed E-state index contributed by atoms with van der Waals surface area (Å²) in [5.41, 5.74) is 3.31. The molecule has 0 fully saturated rings. The number of carbonyl (C=O) groups is 2. The number of ether oxygens (including phenoxy) is 3. The highest BCUT2D eigenvalue weighted by atomic mass is 16.6. The Bertz CT molecular complexity index is 991. The van der Waals surface area contributed by atoms with E-state index in [0.717, 1.165) is 16.7 Å². The molecule has 3 rings (SSSR count). The minimum absolute atomic E-state index is 0.225. The summed E-state index contributed by atoms with van der Waals surface area (Å²) in [6, 6.07) is 21.9. The van der Waals surface area contributed by atoms with E-state index >= 15 is 0 Å². The zero-order valence-electron chi connectivity index (χ0n) is 17.1. The first-order chi connectivity index (χ1) is 14.5. The Hall–Kier alpha value is -3.60. The molecular weight excluding hydrogens is 380 g/mol. The number of benzene rings is 3. The molecule has 0 atom stereocenters. The molecule has 5 heteroatoms. The fraction of sp³-hybridized carbons (Fsp3) is 0.200. The molecule has 0 aromatic heterocycles. The third-order valence-electron chi connectivity index (χ3n) is 4.51. The highest BCUT2D eigenvalue weighted by Crippen LogP contribution is 2.22. The summed E-state index contributed by atoms with van der Waals surface area (Å²) in [5.74, 6) is -0.0735. The first-order valence-corrected chi connectivity index (χ1v) is 9.74. The van der Waals surface area contributed by atoms with Gasteiger partial charge < -0.3 is 14.2 Å². The molecule has 0 amide bonds. The monoisotopic (exact) mass is 404 g/mol. The Kier molecular flexibility index (Phi) is 7.22. The van der Waals surface area contributed by atoms with E-state index in [2.05, 4.69) is 0 Å². The Balaban J connectivity index is 1.51. The molecular formula is C25H24O5. The van der Waals surface area contributed by atoms with E-state index in [1.165, 1.54) is 6.07 Å². The molecule has 0 N–H and O–H groups in total. The number of hydrogen-bond acceptors (Lipinski definition) is 5. The van der Waals surface area contributed by atoms with Gasteiger partial charge in [-0.25, -0.2) is 9.59 Å². The van der Waals surface area contributed by atoms with Crippen LogP contribution in [-0.2, 0) is 16.0 Å². The Morgan fingerprint density at radius 1 is 0.833 bits per heavy atom. The highest BCUT2D eigenvalue weighted by molar-refractivity contribution is 5.90. The fourth-order valence-electron chi connectivity index (χ4n) is 2.99. The van der Waals surface area contributed by atoms with Gasteiger partial charge in [0.25, 0.3) is 0 Å². The van der Waals surface area contributed by atoms with Crippen LogP contribution in [0.4, 0.5) is 0 Å². The van der Waals surface area contributed by atoms with Gasteiger partial charge in [0.15, 0.2) is 6.61 Å². The van der Waals surface area contributed by atoms with Crippen LogP contribution < -0.4 is 9.47 Å². The van der Waals surface area contributed by atoms with Crippen molar-refractivity contribution in [3.8, 4) is 11.5 Å². The summed E-state index contributed by atoms with van der Waals surface area (Å²) in [5, 5.41) is 0. The topological polar surface area (TPSA) is 61.8 Å². The van der Waals surface area contributed by atoms with Gasteiger partial charge in [0.1, 0.15) is 11.5 Å². The van der Waals surface area contributed by atoms with Gasteiger partial charge in [-0.3, -0.25) is 0 Å². The van der Waals surface area contributed by atoms with Crippen molar-refractivity contribution in [2.75, 3.05) is 13.2 Å². The molecule has 0 spiro atoms. The van der Waals surface area contributed by atoms with E-state index in [0.29, 0.717) is 17.7 Å². The second-order valence-electron chi connectivity index (χ2n) is 6.88. The summed E-state index contributed by atoms with van der Waals surface area (Å²) in [6.07, 6.45) is 0.636. The first kappa shape index (κ1) is 21.1. The lowest BCUT2D eigenvalue weighted by molar-refractivity contribution is -0.136. The van der Waals surface area contributed by atoms with Crippen LogP contribution in [0.15, 0.2) is 72.8 Å². The molecule has 0 aliphatic rings. The summed E-state index contributed by atoms with van der Waals surface area (Å²) >= 11 is 0. The van der Waals surface area contributed by atoms with Crippen molar-refractivity contribution in [1.29, 1.82) is 0 Å². The second kappa shape index (κ2) is 10.3. The van der Waals surface area contributed by atoms with E-state index in [-0.39, 0.29) is 19.0 Å². The summed E-state index contributed by atoms with van der Waals surface area (Å²) < 4.78 is 16.2. The number of rotatable bonds is 8. The second-order valence-corrected chi connectivity index (χ2v) is 6.88. The molecule has 0 aliphatic carbocycles. The van der Waals surface area contributed by atoms with Crippen LogP contribution in [0.25, 0.3) is 0 Å². The third-order valence-corrected chi connectivity index (χ3v) is 4.51. The first-order valence-electron chi connectivity index (χ1n) is 9.74. The molecule has 0 bridgehead atoms. The molecule has 5 nitrogen and oxygen atoms in total. The average molecular weight is 404 g/mol. The van der Waals surface area contributed by atoms with Gasteiger partial charge >= 0.3 is 11.9 Å². The molecule has 0 heterocycles. The van der Waals surface area contributed by atoms with E-state index in [1.807, 2.05) is 62.4 Å². The average Bonchev–Trinajstić information content (AvgIpc) is 2.74. The number of para-hydroxylation sites is 1. The van der Waals surface area contributed by atoms with E-state index in [9.17, 15) is 9.59 Å². The standard InChI is InChI=1S/C25H24O5/c1-18-8-6-9-19(2)24(18)29-17-23(26)30-22-13-7-12-21(16-22)25(27)28-15-14-20-10-4-3-5-11-20/h3-13,16H,14-15,17H2,1-2H3. The summed E-state index contributed by atoms with van der Waals surface area (Å²) in [4.78, 5) is 24.4. The number of hydrogen-bond donors (Lipinski definition) is 0. The van der Waals surface area contributed by atoms with Gasteiger partial charge in [0, 0.05) is 6.42 Å². The predicted octanol–water partition coefficient (Wildman–Crippen LogP) is 4.69. The summed E-state index contributed by atoms with van der Waals surface area (Å²) in [6.45, 7) is 3.88. The third kappa shape index (κ3) is 5.95. The Morgan fingerprint density at radius 3 is 2.27 bits per heavy atom. The van der Waals surface area contributed by atoms with Crippen LogP contribution in [0.3, 0.4) is 0 Å². The molecule has 0 aliphatic heterocycles. The maximum Gasteiger partial charge on any atom is 0.349 e. The molecule has 30 heavy (non-hydrogen) atoms. The predicted molar refractivity (Wildman–Crippen MR) is 114 cm³/mol. The molecule has 154 valence electrons. The summed E-state index contributed by atoms with van der Waals surface area (Å²) in [7, 11) is 0. The van der Waals surface area contributed by atoms with Crippen LogP contribution in [0, 0.1) is 13.8 Å². The van der Waals surface area contributed by atoms with Crippen LogP contribution in [-0.4, -0.2) is 25.2 Å². The lowest BCUT2D eigenvalue weighted by Gasteiger charge is -2.11. The molecule has 0 saturated carbocycles. The lowest BCUT2D eigenvalue weighted by Crippen LogP contribution is -2.18. The van der Waals surface area contributed by atoms with E-state index in [1.54, 1.807) is 18.2 Å². The Labute approximate surface area is 176 Å². The van der Waals surface area contributed by atoms with Gasteiger partial charge in [0.05, 0.1) is 12.2 Å². The van der Waals surface area contributed by atoms with Crippen molar-refractivity contribution in [3.05, 3.63) is 95.1 Å². The molecule has 0 unspecified atom stereocenters. The Morgan fingerprint density at radius 2 is 1.53 bits per heavy atom. The molecule has 3 aromatic rings. The van der Waals surface area contributed by atoms with Crippen molar-refractivity contribution < 1.29 is 23.8 Å². The normalized spacial score (nSPS) is 10.3. The van der Waals surface area contributed by atoms with Gasteiger partial charge in [-0.05, 0) is 48.7 Å². The van der Waals surface area contributed by atoms with Gasteiger partial charge in [-0.15, -0.1) is 0 Å². The van der Waals surface area contributed by atoms with Gasteiger partial charge in [-0.1, -0.05) is 54.6 Å². The zero-order chi connectivity index (χ0) is 21.3. The number of carbonyl (C=O) groups excluding carboxylic acids is 2. The molecule has 3 aromatic carbocycles. The van der Waals surface area contributed by atoms with Crippen LogP contribution >= 0.6 is 0 Å². The zero-order valence-corrected chi connectivity index (χ0v) is 17.1. The van der Waals surface area contributed by atoms with Crippen molar-refractivity contribution in [3.63, 3.8) is 0 Å². The van der Waals surface area contributed by atoms with Gasteiger partial charge in [0.2, 0.25) is 0 Å². The molecule has 0 saturated heterocycles. The van der Waals surface area contributed by atoms with Crippen LogP contribution in [0.1, 0.15) is 27.0 Å². The minimum atomic E-state index is -0.549. The SMILES string of the molecule is Cc1cccc(C)c1OCC(=O)Oc1cccc(C(=O)OCCc2ccccc2)c1. The number of esters is 2.